The van der Waals surface area contributed by atoms with Crippen LogP contribution in [0.3, 0.4) is 0 Å². The number of nitrogens with one attached hydrogen (secondary N) is 1. The molecule has 0 radical (unpaired) electrons. The number of aromatic hydroxyl groups is 2. The van der Waals surface area contributed by atoms with Gasteiger partial charge >= 0.3 is 11.8 Å². The number of aliphatic hydroxyl groups is 2. The quantitative estimate of drug-likeness (QED) is 0.211. The Morgan fingerprint density at radius 3 is 2.26 bits per heavy atom. The predicted molar refractivity (Wildman–Crippen MR) is 226 cm³/mol. The van der Waals surface area contributed by atoms with Crippen LogP contribution >= 0.6 is 0 Å². The Morgan fingerprint density at radius 2 is 1.64 bits per heavy atom. The lowest BCUT2D eigenvalue weighted by Gasteiger charge is -2.42. The van der Waals surface area contributed by atoms with Crippen molar-refractivity contribution in [2.75, 3.05) is 19.5 Å². The number of phenolic OH excluding ortho intramolecular Hbond substituents is 2. The van der Waals surface area contributed by atoms with Gasteiger partial charge in [-0.1, -0.05) is 52.8 Å². The van der Waals surface area contributed by atoms with Gasteiger partial charge in [-0.2, -0.15) is 0 Å². The van der Waals surface area contributed by atoms with Gasteiger partial charge in [-0.15, -0.1) is 0 Å². The van der Waals surface area contributed by atoms with Gasteiger partial charge in [0, 0.05) is 85.6 Å². The lowest BCUT2D eigenvalue weighted by molar-refractivity contribution is -0.160. The maximum absolute atomic E-state index is 15.0. The van der Waals surface area contributed by atoms with Crippen LogP contribution < -0.4 is 20.8 Å². The van der Waals surface area contributed by atoms with Crippen molar-refractivity contribution in [3.05, 3.63) is 58.0 Å². The molecule has 0 saturated carbocycles. The lowest BCUT2D eigenvalue weighted by Crippen LogP contribution is -2.51. The van der Waals surface area contributed by atoms with Crippen molar-refractivity contribution < 1.29 is 53.8 Å². The van der Waals surface area contributed by atoms with Gasteiger partial charge in [0.2, 0.25) is 0 Å². The number of amides is 1. The molecular weight excluding hydrogens is 785 g/mol. The number of piperidine rings is 1. The van der Waals surface area contributed by atoms with E-state index in [9.17, 15) is 34.8 Å². The van der Waals surface area contributed by atoms with Crippen LogP contribution in [0.5, 0.6) is 17.2 Å². The Labute approximate surface area is 355 Å². The van der Waals surface area contributed by atoms with Gasteiger partial charge in [0.25, 0.3) is 11.7 Å². The second-order valence-corrected chi connectivity index (χ2v) is 17.9. The van der Waals surface area contributed by atoms with Gasteiger partial charge in [-0.05, 0) is 39.8 Å². The molecule has 2 aromatic rings. The summed E-state index contributed by atoms with van der Waals surface area (Å²) in [5, 5.41) is 50.9. The third-order valence-electron chi connectivity index (χ3n) is 14.1. The summed E-state index contributed by atoms with van der Waals surface area (Å²) in [7, 11) is 3.59. The molecule has 5 N–H and O–H groups in total. The monoisotopic (exact) mass is 844 g/mol. The predicted octanol–water partition coefficient (Wildman–Crippen LogP) is 4.64. The van der Waals surface area contributed by atoms with E-state index in [2.05, 4.69) is 22.3 Å². The Morgan fingerprint density at radius 1 is 0.967 bits per heavy atom. The molecule has 5 aliphatic rings. The van der Waals surface area contributed by atoms with E-state index < -0.39 is 82.9 Å². The number of fused-ring (bicyclic) bond motifs is 3. The normalized spacial score (nSPS) is 37.3. The standard InChI is InChI=1S/C46H60N4O11/c1-11-46-43(56)33-31-32(39(54)26(7)42(33)61-46)40(55)36(35-34(31)48-45(49-35)19-28-15-16-29(20-45)50(28)9)47-44(57)22(3)14-12-13-21(2)37(52)24(5)38(53)25(6)41(60-27(8)51)23(4)30(58-10)17-18-59-46/h12-14,17-18,21,23-25,28-30,37-38,41,48,52-55H,11,15-16,19-20H2,1-10H3/b13-12+,18-17+,22-14-,47-36?/t21-,23+,24+,25+,28?,29?,30-,37-,38+,41+,45?,46-/m0/s1. The third kappa shape index (κ3) is 7.40. The number of methoxy groups -OCH3 is 1. The van der Waals surface area contributed by atoms with E-state index in [1.165, 1.54) is 20.3 Å². The van der Waals surface area contributed by atoms with Crippen LogP contribution in [0.4, 0.5) is 5.69 Å². The molecule has 2 aromatic carbocycles. The molecule has 2 unspecified atom stereocenters. The Bertz CT molecular complexity index is 2340. The van der Waals surface area contributed by atoms with Crippen molar-refractivity contribution in [1.82, 2.24) is 4.90 Å². The number of benzene rings is 2. The largest absolute Gasteiger partial charge is 0.507 e. The summed E-state index contributed by atoms with van der Waals surface area (Å²) in [4.78, 5) is 53.3. The van der Waals surface area contributed by atoms with Crippen molar-refractivity contribution in [3.63, 3.8) is 0 Å². The zero-order chi connectivity index (χ0) is 44.5. The molecule has 0 aliphatic carbocycles. The first-order valence-electron chi connectivity index (χ1n) is 21.4. The summed E-state index contributed by atoms with van der Waals surface area (Å²) in [6.45, 7) is 13.2. The highest BCUT2D eigenvalue weighted by Crippen LogP contribution is 2.53. The first kappa shape index (κ1) is 44.2. The van der Waals surface area contributed by atoms with Crippen molar-refractivity contribution in [3.8, 4) is 17.2 Å². The Kier molecular flexibility index (Phi) is 11.9. The molecule has 1 spiro atoms. The summed E-state index contributed by atoms with van der Waals surface area (Å²) < 4.78 is 24.4. The first-order valence-corrected chi connectivity index (χ1v) is 21.4. The van der Waals surface area contributed by atoms with Crippen LogP contribution in [-0.4, -0.2) is 105 Å². The summed E-state index contributed by atoms with van der Waals surface area (Å²) >= 11 is 0. The molecule has 330 valence electrons. The van der Waals surface area contributed by atoms with E-state index >= 15 is 0 Å². The highest BCUT2D eigenvalue weighted by atomic mass is 16.7. The molecule has 15 nitrogen and oxygen atoms in total. The number of carbonyl (C=O) groups excluding carboxylic acids is 3. The van der Waals surface area contributed by atoms with E-state index in [-0.39, 0.29) is 68.2 Å². The van der Waals surface area contributed by atoms with Crippen LogP contribution in [0.2, 0.25) is 0 Å². The second kappa shape index (κ2) is 16.5. The summed E-state index contributed by atoms with van der Waals surface area (Å²) in [5.41, 5.74) is -0.0231. The number of ether oxygens (including phenoxy) is 4. The minimum Gasteiger partial charge on any atom is -0.507 e. The van der Waals surface area contributed by atoms with Gasteiger partial charge in [-0.3, -0.25) is 19.4 Å². The fourth-order valence-corrected chi connectivity index (χ4v) is 10.2. The second-order valence-electron chi connectivity index (χ2n) is 17.9. The lowest BCUT2D eigenvalue weighted by atomic mass is 9.78. The summed E-state index contributed by atoms with van der Waals surface area (Å²) in [6.07, 6.45) is 7.25. The van der Waals surface area contributed by atoms with E-state index in [0.717, 1.165) is 12.8 Å². The zero-order valence-electron chi connectivity index (χ0n) is 36.7. The minimum atomic E-state index is -1.91. The molecule has 2 fully saturated rings. The number of allylic oxidation sites excluding steroid dienone is 2. The molecule has 61 heavy (non-hydrogen) atoms. The van der Waals surface area contributed by atoms with Crippen molar-refractivity contribution in [2.45, 2.75) is 135 Å². The SMILES string of the molecule is CC[C@@]12O/C=C/[C@H](OC)[C@@H](C)[C@@H](OC(C)=O)[C@H](C)[C@H](O)[C@H](C)[C@@H](O)[C@@H](C)/C=C/C=C(/C)C(=O)N=c3c(O)c4c(O)c(C)c(c(c4c4c3=NC3(CC5CCC(C3)N5C)N4)C1=O)O2. The molecule has 5 heterocycles. The Balaban J connectivity index is 1.44. The van der Waals surface area contributed by atoms with Gasteiger partial charge in [0.1, 0.15) is 34.0 Å². The molecule has 1 amide bonds. The maximum Gasteiger partial charge on any atom is 0.315 e. The number of aliphatic hydroxyl groups excluding tert-OH is 2. The fraction of sp³-hybridized carbons (Fsp3) is 0.587. The van der Waals surface area contributed by atoms with E-state index in [4.69, 9.17) is 23.9 Å². The van der Waals surface area contributed by atoms with Crippen molar-refractivity contribution >= 4 is 34.1 Å². The zero-order valence-corrected chi connectivity index (χ0v) is 36.7. The van der Waals surface area contributed by atoms with Crippen LogP contribution in [0.1, 0.15) is 96.5 Å². The number of rotatable bonds is 3. The van der Waals surface area contributed by atoms with Crippen LogP contribution in [0.15, 0.2) is 46.1 Å². The smallest absolute Gasteiger partial charge is 0.315 e. The molecule has 15 heteroatoms. The summed E-state index contributed by atoms with van der Waals surface area (Å²) in [5.74, 6) is -6.87. The number of Topliss-reactive ketones (excluding diaryl/α,β-unsaturated/α-hetero) is 1. The van der Waals surface area contributed by atoms with Gasteiger partial charge in [0.15, 0.2) is 5.75 Å². The van der Waals surface area contributed by atoms with Crippen LogP contribution in [-0.2, 0) is 23.8 Å². The number of anilines is 1. The van der Waals surface area contributed by atoms with Crippen LogP contribution in [0, 0.1) is 30.6 Å². The Hall–Kier alpha value is -4.83. The number of hydrogen-bond acceptors (Lipinski definition) is 14. The maximum atomic E-state index is 15.0. The summed E-state index contributed by atoms with van der Waals surface area (Å²) in [6, 6.07) is 0.454. The molecule has 0 aromatic heterocycles. The molecule has 2 saturated heterocycles. The van der Waals surface area contributed by atoms with E-state index in [1.807, 2.05) is 0 Å². The van der Waals surface area contributed by atoms with Crippen molar-refractivity contribution in [1.29, 1.82) is 0 Å². The molecule has 5 aliphatic heterocycles. The number of ketones is 1. The number of nitrogens with zero attached hydrogens (tertiary/aromatic N) is 3. The van der Waals surface area contributed by atoms with Crippen LogP contribution in [0.25, 0.3) is 10.8 Å². The molecule has 6 bridgehead atoms. The molecular formula is C46H60N4O11. The van der Waals surface area contributed by atoms with Gasteiger partial charge < -0.3 is 49.6 Å². The molecule has 7 rings (SSSR count). The third-order valence-corrected chi connectivity index (χ3v) is 14.1. The highest BCUT2D eigenvalue weighted by molar-refractivity contribution is 6.22. The minimum absolute atomic E-state index is 0.0330. The van der Waals surface area contributed by atoms with E-state index in [0.29, 0.717) is 18.5 Å². The van der Waals surface area contributed by atoms with E-state index in [1.54, 1.807) is 72.8 Å². The first-order chi connectivity index (χ1) is 28.8. The fourth-order valence-electron chi connectivity index (χ4n) is 10.2. The van der Waals surface area contributed by atoms with Gasteiger partial charge in [-0.25, -0.2) is 4.99 Å². The average molecular weight is 845 g/mol. The number of carbonyl (C=O) groups is 3. The van der Waals surface area contributed by atoms with Crippen molar-refractivity contribution in [2.24, 2.45) is 33.7 Å². The number of hydrogen-bond donors (Lipinski definition) is 5. The molecule has 11 atom stereocenters. The number of esters is 1. The average Bonchev–Trinajstić information content (AvgIpc) is 3.81. The topological polar surface area (TPSA) is 209 Å². The number of phenols is 2. The highest BCUT2D eigenvalue weighted by Gasteiger charge is 2.54. The van der Waals surface area contributed by atoms with Gasteiger partial charge in [0.05, 0.1) is 41.2 Å².